The molecule has 1 atom stereocenters. The molecule has 0 aliphatic heterocycles. The van der Waals surface area contributed by atoms with Crippen LogP contribution in [0.5, 0.6) is 0 Å². The van der Waals surface area contributed by atoms with E-state index in [1.54, 1.807) is 0 Å². The SMILES string of the molecule is CCCNC(C)(CCCN(C)CC(C)(C)C)C(=O)OC. The monoisotopic (exact) mass is 286 g/mol. The summed E-state index contributed by atoms with van der Waals surface area (Å²) in [6, 6.07) is 0. The zero-order valence-corrected chi connectivity index (χ0v) is 14.5. The van der Waals surface area contributed by atoms with E-state index in [2.05, 4.69) is 45.0 Å². The van der Waals surface area contributed by atoms with Crippen molar-refractivity contribution in [2.45, 2.75) is 59.4 Å². The van der Waals surface area contributed by atoms with E-state index in [0.29, 0.717) is 5.41 Å². The second-order valence-corrected chi connectivity index (χ2v) is 7.15. The molecule has 0 bridgehead atoms. The number of rotatable bonds is 9. The van der Waals surface area contributed by atoms with Crippen LogP contribution in [0, 0.1) is 5.41 Å². The molecule has 0 aliphatic rings. The first-order valence-corrected chi connectivity index (χ1v) is 7.66. The molecule has 0 radical (unpaired) electrons. The number of ether oxygens (including phenoxy) is 1. The molecule has 0 aromatic heterocycles. The highest BCUT2D eigenvalue weighted by Gasteiger charge is 2.33. The van der Waals surface area contributed by atoms with Gasteiger partial charge >= 0.3 is 5.97 Å². The first-order chi connectivity index (χ1) is 9.14. The first kappa shape index (κ1) is 19.4. The Morgan fingerprint density at radius 2 is 1.85 bits per heavy atom. The minimum Gasteiger partial charge on any atom is -0.468 e. The van der Waals surface area contributed by atoms with Crippen molar-refractivity contribution in [3.63, 3.8) is 0 Å². The largest absolute Gasteiger partial charge is 0.468 e. The van der Waals surface area contributed by atoms with E-state index < -0.39 is 5.54 Å². The third-order valence-electron chi connectivity index (χ3n) is 3.36. The Morgan fingerprint density at radius 1 is 1.25 bits per heavy atom. The van der Waals surface area contributed by atoms with Crippen molar-refractivity contribution in [2.24, 2.45) is 5.41 Å². The normalized spacial score (nSPS) is 15.2. The predicted octanol–water partition coefficient (Wildman–Crippen LogP) is 2.68. The third-order valence-corrected chi connectivity index (χ3v) is 3.36. The Kier molecular flexibility index (Phi) is 8.36. The zero-order chi connectivity index (χ0) is 15.8. The van der Waals surface area contributed by atoms with Crippen LogP contribution in [-0.4, -0.2) is 50.2 Å². The van der Waals surface area contributed by atoms with Crippen LogP contribution in [0.4, 0.5) is 0 Å². The number of carbonyl (C=O) groups is 1. The number of nitrogens with one attached hydrogen (secondary N) is 1. The molecular formula is C16H34N2O2. The predicted molar refractivity (Wildman–Crippen MR) is 84.9 cm³/mol. The standard InChI is InChI=1S/C16H34N2O2/c1-8-11-17-16(5,14(19)20-7)10-9-12-18(6)13-15(2,3)4/h17H,8-13H2,1-7H3. The number of nitrogens with zero attached hydrogens (tertiary/aromatic N) is 1. The molecule has 0 aliphatic carbocycles. The van der Waals surface area contributed by atoms with Gasteiger partial charge in [-0.3, -0.25) is 4.79 Å². The molecule has 1 N–H and O–H groups in total. The molecule has 0 spiro atoms. The van der Waals surface area contributed by atoms with E-state index in [9.17, 15) is 4.79 Å². The molecule has 20 heavy (non-hydrogen) atoms. The van der Waals surface area contributed by atoms with Gasteiger partial charge in [0.25, 0.3) is 0 Å². The van der Waals surface area contributed by atoms with Gasteiger partial charge in [-0.05, 0) is 51.7 Å². The minimum atomic E-state index is -0.562. The average molecular weight is 286 g/mol. The second-order valence-electron chi connectivity index (χ2n) is 7.15. The lowest BCUT2D eigenvalue weighted by Crippen LogP contribution is -2.50. The molecular weight excluding hydrogens is 252 g/mol. The topological polar surface area (TPSA) is 41.6 Å². The fraction of sp³-hybridized carbons (Fsp3) is 0.938. The Balaban J connectivity index is 4.30. The van der Waals surface area contributed by atoms with Gasteiger partial charge in [0.05, 0.1) is 7.11 Å². The van der Waals surface area contributed by atoms with Crippen LogP contribution in [0.2, 0.25) is 0 Å². The molecule has 0 rings (SSSR count). The summed E-state index contributed by atoms with van der Waals surface area (Å²) >= 11 is 0. The quantitative estimate of drug-likeness (QED) is 0.662. The maximum absolute atomic E-state index is 11.9. The van der Waals surface area contributed by atoms with E-state index in [1.165, 1.54) is 7.11 Å². The van der Waals surface area contributed by atoms with Gasteiger partial charge in [0.1, 0.15) is 5.54 Å². The maximum Gasteiger partial charge on any atom is 0.325 e. The summed E-state index contributed by atoms with van der Waals surface area (Å²) in [5.41, 5.74) is -0.256. The highest BCUT2D eigenvalue weighted by atomic mass is 16.5. The van der Waals surface area contributed by atoms with Crippen LogP contribution < -0.4 is 5.32 Å². The van der Waals surface area contributed by atoms with Crippen molar-refractivity contribution < 1.29 is 9.53 Å². The summed E-state index contributed by atoms with van der Waals surface area (Å²) < 4.78 is 4.94. The molecule has 120 valence electrons. The number of hydrogen-bond donors (Lipinski definition) is 1. The third kappa shape index (κ3) is 7.85. The molecule has 0 fully saturated rings. The van der Waals surface area contributed by atoms with E-state index in [-0.39, 0.29) is 5.97 Å². The van der Waals surface area contributed by atoms with Gasteiger partial charge in [0.15, 0.2) is 0 Å². The fourth-order valence-electron chi connectivity index (χ4n) is 2.48. The zero-order valence-electron chi connectivity index (χ0n) is 14.5. The Hall–Kier alpha value is -0.610. The molecule has 0 heterocycles. The number of methoxy groups -OCH3 is 1. The lowest BCUT2D eigenvalue weighted by atomic mass is 9.94. The van der Waals surface area contributed by atoms with E-state index in [0.717, 1.165) is 38.9 Å². The summed E-state index contributed by atoms with van der Waals surface area (Å²) in [6.07, 6.45) is 2.79. The summed E-state index contributed by atoms with van der Waals surface area (Å²) in [4.78, 5) is 14.3. The highest BCUT2D eigenvalue weighted by molar-refractivity contribution is 5.80. The first-order valence-electron chi connectivity index (χ1n) is 7.66. The van der Waals surface area contributed by atoms with Gasteiger partial charge < -0.3 is 15.0 Å². The van der Waals surface area contributed by atoms with Crippen molar-refractivity contribution in [1.82, 2.24) is 10.2 Å². The van der Waals surface area contributed by atoms with Crippen LogP contribution >= 0.6 is 0 Å². The van der Waals surface area contributed by atoms with Crippen molar-refractivity contribution in [1.29, 1.82) is 0 Å². The smallest absolute Gasteiger partial charge is 0.325 e. The van der Waals surface area contributed by atoms with Crippen LogP contribution in [-0.2, 0) is 9.53 Å². The average Bonchev–Trinajstić information content (AvgIpc) is 2.33. The molecule has 1 unspecified atom stereocenters. The van der Waals surface area contributed by atoms with Crippen molar-refractivity contribution in [3.05, 3.63) is 0 Å². The Labute approximate surface area is 125 Å². The van der Waals surface area contributed by atoms with E-state index in [4.69, 9.17) is 4.74 Å². The molecule has 0 saturated heterocycles. The summed E-state index contributed by atoms with van der Waals surface area (Å²) in [6.45, 7) is 13.7. The molecule has 0 saturated carbocycles. The lowest BCUT2D eigenvalue weighted by Gasteiger charge is -2.30. The van der Waals surface area contributed by atoms with Crippen molar-refractivity contribution >= 4 is 5.97 Å². The van der Waals surface area contributed by atoms with Gasteiger partial charge in [-0.1, -0.05) is 27.7 Å². The van der Waals surface area contributed by atoms with Crippen LogP contribution in [0.1, 0.15) is 53.9 Å². The molecule has 0 aromatic carbocycles. The Morgan fingerprint density at radius 3 is 2.30 bits per heavy atom. The number of carbonyl (C=O) groups excluding carboxylic acids is 1. The van der Waals surface area contributed by atoms with Gasteiger partial charge in [-0.25, -0.2) is 0 Å². The molecule has 0 aromatic rings. The fourth-order valence-corrected chi connectivity index (χ4v) is 2.48. The summed E-state index contributed by atoms with van der Waals surface area (Å²) in [7, 11) is 3.60. The molecule has 4 heteroatoms. The molecule has 0 amide bonds. The minimum absolute atomic E-state index is 0.163. The second kappa shape index (κ2) is 8.63. The van der Waals surface area contributed by atoms with Gasteiger partial charge in [-0.2, -0.15) is 0 Å². The van der Waals surface area contributed by atoms with Gasteiger partial charge in [0, 0.05) is 6.54 Å². The summed E-state index contributed by atoms with van der Waals surface area (Å²) in [5.74, 6) is -0.163. The van der Waals surface area contributed by atoms with Gasteiger partial charge in [0.2, 0.25) is 0 Å². The van der Waals surface area contributed by atoms with Gasteiger partial charge in [-0.15, -0.1) is 0 Å². The summed E-state index contributed by atoms with van der Waals surface area (Å²) in [5, 5.41) is 3.33. The maximum atomic E-state index is 11.9. The molecule has 4 nitrogen and oxygen atoms in total. The highest BCUT2D eigenvalue weighted by Crippen LogP contribution is 2.17. The van der Waals surface area contributed by atoms with E-state index >= 15 is 0 Å². The Bertz CT molecular complexity index is 287. The number of esters is 1. The van der Waals surface area contributed by atoms with E-state index in [1.807, 2.05) is 6.92 Å². The number of hydrogen-bond acceptors (Lipinski definition) is 4. The lowest BCUT2D eigenvalue weighted by molar-refractivity contribution is -0.148. The van der Waals surface area contributed by atoms with Crippen LogP contribution in [0.3, 0.4) is 0 Å². The van der Waals surface area contributed by atoms with Crippen LogP contribution in [0.25, 0.3) is 0 Å². The van der Waals surface area contributed by atoms with Crippen LogP contribution in [0.15, 0.2) is 0 Å². The van der Waals surface area contributed by atoms with Crippen molar-refractivity contribution in [2.75, 3.05) is 33.8 Å². The van der Waals surface area contributed by atoms with Crippen molar-refractivity contribution in [3.8, 4) is 0 Å².